The minimum Gasteiger partial charge on any atom is -0.497 e. The van der Waals surface area contributed by atoms with Gasteiger partial charge in [0.15, 0.2) is 5.78 Å². The molecule has 1 aromatic carbocycles. The summed E-state index contributed by atoms with van der Waals surface area (Å²) in [6.45, 7) is 10.7. The summed E-state index contributed by atoms with van der Waals surface area (Å²) in [5.74, 6) is -1.40. The third-order valence-electron chi connectivity index (χ3n) is 9.02. The van der Waals surface area contributed by atoms with Crippen LogP contribution in [0.1, 0.15) is 73.6 Å². The van der Waals surface area contributed by atoms with E-state index in [1.54, 1.807) is 19.4 Å². The molecule has 4 atom stereocenters. The zero-order chi connectivity index (χ0) is 35.7. The van der Waals surface area contributed by atoms with Crippen LogP contribution in [0.4, 0.5) is 4.79 Å². The van der Waals surface area contributed by atoms with E-state index >= 15 is 0 Å². The summed E-state index contributed by atoms with van der Waals surface area (Å²) < 4.78 is 11.7. The summed E-state index contributed by atoms with van der Waals surface area (Å²) in [6.07, 6.45) is 4.54. The Hall–Kier alpha value is -4.42. The number of nitrogens with zero attached hydrogens (tertiary/aromatic N) is 2. The van der Waals surface area contributed by atoms with E-state index in [-0.39, 0.29) is 43.2 Å². The van der Waals surface area contributed by atoms with Gasteiger partial charge in [0, 0.05) is 29.6 Å². The monoisotopic (exact) mass is 678 g/mol. The first-order valence-electron chi connectivity index (χ1n) is 17.1. The van der Waals surface area contributed by atoms with E-state index in [0.717, 1.165) is 36.5 Å². The number of rotatable bonds is 12. The molecule has 0 spiro atoms. The zero-order valence-corrected chi connectivity index (χ0v) is 29.6. The van der Waals surface area contributed by atoms with Crippen molar-refractivity contribution in [2.45, 2.75) is 103 Å². The van der Waals surface area contributed by atoms with E-state index in [1.807, 2.05) is 59.7 Å². The number of methoxy groups -OCH3 is 1. The van der Waals surface area contributed by atoms with Crippen LogP contribution >= 0.6 is 0 Å². The molecule has 13 nitrogen and oxygen atoms in total. The summed E-state index contributed by atoms with van der Waals surface area (Å²) in [5.41, 5.74) is -1.26. The lowest BCUT2D eigenvalue weighted by Crippen LogP contribution is -2.60. The fraction of sp³-hybridized carbons (Fsp3) is 0.611. The number of carbonyl (C=O) groups excluding carboxylic acids is 5. The molecule has 0 radical (unpaired) electrons. The van der Waals surface area contributed by atoms with Crippen molar-refractivity contribution in [1.29, 1.82) is 0 Å². The van der Waals surface area contributed by atoms with Crippen LogP contribution in [0.15, 0.2) is 30.5 Å². The summed E-state index contributed by atoms with van der Waals surface area (Å²) in [5, 5.41) is 12.9. The number of carbonyl (C=O) groups is 5. The first-order chi connectivity index (χ1) is 23.0. The van der Waals surface area contributed by atoms with E-state index in [4.69, 9.17) is 9.47 Å². The molecule has 1 aromatic heterocycles. The smallest absolute Gasteiger partial charge is 0.315 e. The minimum atomic E-state index is -1.00. The Morgan fingerprint density at radius 1 is 1.00 bits per heavy atom. The molecule has 1 unspecified atom stereocenters. The van der Waals surface area contributed by atoms with Crippen molar-refractivity contribution in [3.8, 4) is 11.6 Å². The first-order valence-corrected chi connectivity index (χ1v) is 17.1. The van der Waals surface area contributed by atoms with Gasteiger partial charge in [-0.2, -0.15) is 0 Å². The second-order valence-electron chi connectivity index (χ2n) is 15.6. The molecule has 0 bridgehead atoms. The number of Topliss-reactive ketones (excluding diaryl/α,β-unsaturated/α-hetero) is 1. The number of amides is 5. The number of urea groups is 1. The fourth-order valence-electron chi connectivity index (χ4n) is 6.18. The summed E-state index contributed by atoms with van der Waals surface area (Å²) in [6, 6.07) is 4.97. The van der Waals surface area contributed by atoms with E-state index in [2.05, 4.69) is 26.3 Å². The highest BCUT2D eigenvalue weighted by Crippen LogP contribution is 2.38. The number of ether oxygens (including phenoxy) is 2. The highest BCUT2D eigenvalue weighted by atomic mass is 16.5. The Bertz CT molecular complexity index is 1590. The van der Waals surface area contributed by atoms with Gasteiger partial charge in [-0.25, -0.2) is 9.78 Å². The van der Waals surface area contributed by atoms with Crippen LogP contribution in [0.5, 0.6) is 11.6 Å². The highest BCUT2D eigenvalue weighted by molar-refractivity contribution is 6.04. The van der Waals surface area contributed by atoms with Gasteiger partial charge >= 0.3 is 6.03 Å². The molecule has 2 aliphatic carbocycles. The van der Waals surface area contributed by atoms with Gasteiger partial charge in [0.2, 0.25) is 23.6 Å². The summed E-state index contributed by atoms with van der Waals surface area (Å²) in [7, 11) is 1.59. The van der Waals surface area contributed by atoms with E-state index in [9.17, 15) is 24.0 Å². The van der Waals surface area contributed by atoms with Crippen molar-refractivity contribution in [2.75, 3.05) is 20.2 Å². The first kappa shape index (κ1) is 35.9. The standard InChI is InChI=1S/C36H50N6O7/c1-35(2,3)29(40-34(47)41-36(4,5)6)33(46)42-19-24(49-32-25-13-12-23(48-7)16-21(25)14-15-37-32)17-26(42)30(44)38-18-27(43)28(20-8-9-20)31(45)39-22-10-11-22/h12-16,20,22,24,26,28-29H,8-11,17-19H2,1-7H3,(H,38,44)(H,39,45)(H2,40,41,47)/t24-,26+,28?,29-/m1/s1. The quantitative estimate of drug-likeness (QED) is 0.249. The molecule has 4 N–H and O–H groups in total. The molecule has 2 saturated carbocycles. The second-order valence-corrected chi connectivity index (χ2v) is 15.6. The maximum absolute atomic E-state index is 14.3. The van der Waals surface area contributed by atoms with Gasteiger partial charge in [-0.1, -0.05) is 20.8 Å². The molecule has 266 valence electrons. The van der Waals surface area contributed by atoms with Gasteiger partial charge in [-0.15, -0.1) is 0 Å². The number of likely N-dealkylation sites (tertiary alicyclic amines) is 1. The maximum atomic E-state index is 14.3. The third kappa shape index (κ3) is 9.18. The molecule has 5 amide bonds. The van der Waals surface area contributed by atoms with E-state index < -0.39 is 52.9 Å². The molecule has 2 aromatic rings. The summed E-state index contributed by atoms with van der Waals surface area (Å²) >= 11 is 0. The fourth-order valence-corrected chi connectivity index (χ4v) is 6.18. The molecule has 1 saturated heterocycles. The number of hydrogen-bond donors (Lipinski definition) is 4. The van der Waals surface area contributed by atoms with Crippen molar-refractivity contribution >= 4 is 40.3 Å². The number of aromatic nitrogens is 1. The van der Waals surface area contributed by atoms with Crippen molar-refractivity contribution in [2.24, 2.45) is 17.3 Å². The molecule has 2 heterocycles. The molecular weight excluding hydrogens is 628 g/mol. The van der Waals surface area contributed by atoms with Crippen molar-refractivity contribution in [3.63, 3.8) is 0 Å². The van der Waals surface area contributed by atoms with E-state index in [0.29, 0.717) is 11.6 Å². The number of nitrogens with one attached hydrogen (secondary N) is 4. The maximum Gasteiger partial charge on any atom is 0.315 e. The Morgan fingerprint density at radius 2 is 1.71 bits per heavy atom. The van der Waals surface area contributed by atoms with Crippen LogP contribution in [0.3, 0.4) is 0 Å². The van der Waals surface area contributed by atoms with Gasteiger partial charge < -0.3 is 35.6 Å². The molecule has 13 heteroatoms. The number of pyridine rings is 1. The number of benzene rings is 1. The largest absolute Gasteiger partial charge is 0.497 e. The average Bonchev–Trinajstić information content (AvgIpc) is 3.96. The Balaban J connectivity index is 1.36. The minimum absolute atomic E-state index is 0.0171. The molecule has 5 rings (SSSR count). The van der Waals surface area contributed by atoms with Crippen LogP contribution in [0.2, 0.25) is 0 Å². The van der Waals surface area contributed by atoms with Gasteiger partial charge in [-0.05, 0) is 87.4 Å². The lowest BCUT2D eigenvalue weighted by molar-refractivity contribution is -0.142. The van der Waals surface area contributed by atoms with E-state index in [1.165, 1.54) is 4.90 Å². The Kier molecular flexibility index (Phi) is 10.4. The highest BCUT2D eigenvalue weighted by Gasteiger charge is 2.47. The molecule has 3 aliphatic rings. The Morgan fingerprint density at radius 3 is 2.33 bits per heavy atom. The lowest BCUT2D eigenvalue weighted by Gasteiger charge is -2.36. The van der Waals surface area contributed by atoms with Gasteiger partial charge in [0.25, 0.3) is 0 Å². The lowest BCUT2D eigenvalue weighted by atomic mass is 9.85. The Labute approximate surface area is 287 Å². The van der Waals surface area contributed by atoms with Crippen molar-refractivity contribution in [1.82, 2.24) is 31.2 Å². The van der Waals surface area contributed by atoms with Crippen molar-refractivity contribution in [3.05, 3.63) is 30.5 Å². The molecule has 1 aliphatic heterocycles. The second kappa shape index (κ2) is 14.2. The number of fused-ring (bicyclic) bond motifs is 1. The van der Waals surface area contributed by atoms with Gasteiger partial charge in [0.05, 0.1) is 20.2 Å². The van der Waals surface area contributed by atoms with Crippen LogP contribution in [0, 0.1) is 17.3 Å². The van der Waals surface area contributed by atoms with Crippen LogP contribution in [-0.2, 0) is 19.2 Å². The SMILES string of the molecule is COc1ccc2c(O[C@@H]3C[C@@H](C(=O)NCC(=O)C(C(=O)NC4CC4)C4CC4)N(C(=O)[C@@H](NC(=O)NC(C)(C)C)C(C)(C)C)C3)nccc2c1. The number of hydrogen-bond acceptors (Lipinski definition) is 8. The van der Waals surface area contributed by atoms with Crippen LogP contribution < -0.4 is 30.7 Å². The zero-order valence-electron chi connectivity index (χ0n) is 29.6. The molecule has 49 heavy (non-hydrogen) atoms. The van der Waals surface area contributed by atoms with Crippen molar-refractivity contribution < 1.29 is 33.4 Å². The van der Waals surface area contributed by atoms with Gasteiger partial charge in [0.1, 0.15) is 29.9 Å². The number of ketones is 1. The summed E-state index contributed by atoms with van der Waals surface area (Å²) in [4.78, 5) is 73.2. The van der Waals surface area contributed by atoms with Crippen LogP contribution in [-0.4, -0.2) is 89.4 Å². The molecular formula is C36H50N6O7. The topological polar surface area (TPSA) is 168 Å². The molecule has 3 fully saturated rings. The predicted molar refractivity (Wildman–Crippen MR) is 183 cm³/mol. The van der Waals surface area contributed by atoms with Gasteiger partial charge in [-0.3, -0.25) is 19.2 Å². The predicted octanol–water partition coefficient (Wildman–Crippen LogP) is 3.09. The van der Waals surface area contributed by atoms with Crippen LogP contribution in [0.25, 0.3) is 10.8 Å². The third-order valence-corrected chi connectivity index (χ3v) is 9.02. The average molecular weight is 679 g/mol. The normalized spacial score (nSPS) is 20.6.